The average Bonchev–Trinajstić information content (AvgIpc) is 2.55. The number of nitriles is 1. The van der Waals surface area contributed by atoms with E-state index in [1.807, 2.05) is 12.1 Å². The minimum atomic E-state index is -1.19. The van der Waals surface area contributed by atoms with Crippen molar-refractivity contribution in [2.24, 2.45) is 0 Å². The minimum absolute atomic E-state index is 0.0397. The van der Waals surface area contributed by atoms with Crippen molar-refractivity contribution in [3.63, 3.8) is 0 Å². The zero-order chi connectivity index (χ0) is 16.7. The maximum absolute atomic E-state index is 12.1. The van der Waals surface area contributed by atoms with Crippen LogP contribution < -0.4 is 10.4 Å². The lowest BCUT2D eigenvalue weighted by molar-refractivity contribution is -0.306. The van der Waals surface area contributed by atoms with Crippen LogP contribution in [0, 0.1) is 11.3 Å². The summed E-state index contributed by atoms with van der Waals surface area (Å²) in [6.07, 6.45) is -0.178. The maximum Gasteiger partial charge on any atom is 0.224 e. The molecule has 0 aliphatic heterocycles. The van der Waals surface area contributed by atoms with Crippen LogP contribution in [-0.2, 0) is 9.59 Å². The second-order valence-electron chi connectivity index (χ2n) is 5.13. The summed E-state index contributed by atoms with van der Waals surface area (Å²) < 4.78 is 0. The summed E-state index contributed by atoms with van der Waals surface area (Å²) >= 11 is 0. The van der Waals surface area contributed by atoms with Crippen molar-refractivity contribution < 1.29 is 14.7 Å². The van der Waals surface area contributed by atoms with E-state index in [4.69, 9.17) is 5.26 Å². The van der Waals surface area contributed by atoms with Gasteiger partial charge in [-0.1, -0.05) is 30.3 Å². The Morgan fingerprint density at radius 3 is 2.26 bits per heavy atom. The molecule has 0 aliphatic rings. The predicted octanol–water partition coefficient (Wildman–Crippen LogP) is 1.81. The van der Waals surface area contributed by atoms with Gasteiger partial charge in [0, 0.05) is 18.1 Å². The van der Waals surface area contributed by atoms with Crippen molar-refractivity contribution in [2.45, 2.75) is 18.8 Å². The number of carboxylic acid groups (broad SMARTS) is 1. The topological polar surface area (TPSA) is 93.0 Å². The predicted molar refractivity (Wildman–Crippen MR) is 83.2 cm³/mol. The largest absolute Gasteiger partial charge is 0.550 e. The van der Waals surface area contributed by atoms with Crippen LogP contribution >= 0.6 is 0 Å². The molecule has 2 aromatic rings. The van der Waals surface area contributed by atoms with Crippen LogP contribution in [0.25, 0.3) is 0 Å². The number of nitrogens with zero attached hydrogens (tertiary/aromatic N) is 1. The van der Waals surface area contributed by atoms with Gasteiger partial charge in [0.2, 0.25) is 5.91 Å². The molecule has 0 saturated heterocycles. The van der Waals surface area contributed by atoms with Gasteiger partial charge >= 0.3 is 0 Å². The molecule has 1 N–H and O–H groups in total. The fourth-order valence-electron chi connectivity index (χ4n) is 2.30. The highest BCUT2D eigenvalue weighted by Gasteiger charge is 2.16. The molecule has 0 fully saturated rings. The number of anilines is 1. The third kappa shape index (κ3) is 4.97. The number of carbonyl (C=O) groups is 2. The van der Waals surface area contributed by atoms with Gasteiger partial charge in [-0.05, 0) is 42.2 Å². The lowest BCUT2D eigenvalue weighted by atomic mass is 9.92. The second kappa shape index (κ2) is 7.76. The zero-order valence-corrected chi connectivity index (χ0v) is 12.4. The molecule has 1 atom stereocenters. The third-order valence-corrected chi connectivity index (χ3v) is 3.41. The Morgan fingerprint density at radius 2 is 1.70 bits per heavy atom. The first-order valence-electron chi connectivity index (χ1n) is 7.13. The Hall–Kier alpha value is -3.13. The Morgan fingerprint density at radius 1 is 1.04 bits per heavy atom. The summed E-state index contributed by atoms with van der Waals surface area (Å²) in [5.41, 5.74) is 1.85. The van der Waals surface area contributed by atoms with E-state index in [9.17, 15) is 14.7 Å². The van der Waals surface area contributed by atoms with E-state index >= 15 is 0 Å². The van der Waals surface area contributed by atoms with Crippen LogP contribution in [0.2, 0.25) is 0 Å². The van der Waals surface area contributed by atoms with Crippen LogP contribution in [-0.4, -0.2) is 11.9 Å². The molecular weight excluding hydrogens is 292 g/mol. The van der Waals surface area contributed by atoms with Gasteiger partial charge in [0.05, 0.1) is 11.6 Å². The van der Waals surface area contributed by atoms with Gasteiger partial charge in [0.25, 0.3) is 0 Å². The van der Waals surface area contributed by atoms with E-state index in [1.54, 1.807) is 48.5 Å². The molecule has 0 unspecified atom stereocenters. The molecule has 0 bridgehead atoms. The zero-order valence-electron chi connectivity index (χ0n) is 12.4. The maximum atomic E-state index is 12.1. The average molecular weight is 307 g/mol. The summed E-state index contributed by atoms with van der Waals surface area (Å²) in [4.78, 5) is 23.1. The van der Waals surface area contributed by atoms with Crippen molar-refractivity contribution in [1.29, 1.82) is 5.26 Å². The molecule has 23 heavy (non-hydrogen) atoms. The molecule has 1 amide bonds. The van der Waals surface area contributed by atoms with Crippen LogP contribution in [0.15, 0.2) is 54.6 Å². The summed E-state index contributed by atoms with van der Waals surface area (Å²) in [5, 5.41) is 22.4. The molecule has 0 radical (unpaired) electrons. The lowest BCUT2D eigenvalue weighted by Gasteiger charge is -2.17. The van der Waals surface area contributed by atoms with Gasteiger partial charge in [-0.25, -0.2) is 0 Å². The molecule has 0 saturated carbocycles. The SMILES string of the molecule is N#Cc1ccc(NC(=O)C[C@@H](CC(=O)[O-])c2ccccc2)cc1. The molecule has 2 rings (SSSR count). The number of hydrogen-bond acceptors (Lipinski definition) is 4. The number of benzene rings is 2. The summed E-state index contributed by atoms with van der Waals surface area (Å²) in [7, 11) is 0. The smallest absolute Gasteiger partial charge is 0.224 e. The standard InChI is InChI=1S/C18H16N2O3/c19-12-13-6-8-16(9-7-13)20-17(21)10-15(11-18(22)23)14-4-2-1-3-5-14/h1-9,15H,10-11H2,(H,20,21)(H,22,23)/p-1/t15-/m0/s1. The number of carbonyl (C=O) groups excluding carboxylic acids is 2. The van der Waals surface area contributed by atoms with Crippen LogP contribution in [0.3, 0.4) is 0 Å². The molecule has 5 nitrogen and oxygen atoms in total. The van der Waals surface area contributed by atoms with E-state index in [0.717, 1.165) is 5.56 Å². The van der Waals surface area contributed by atoms with Gasteiger partial charge in [-0.15, -0.1) is 0 Å². The number of aliphatic carboxylic acids is 1. The number of amides is 1. The first kappa shape index (κ1) is 16.2. The van der Waals surface area contributed by atoms with Crippen molar-refractivity contribution in [1.82, 2.24) is 0 Å². The van der Waals surface area contributed by atoms with Crippen LogP contribution in [0.1, 0.15) is 29.9 Å². The summed E-state index contributed by atoms with van der Waals surface area (Å²) in [6, 6.07) is 17.5. The van der Waals surface area contributed by atoms with Gasteiger partial charge in [0.1, 0.15) is 0 Å². The Kier molecular flexibility index (Phi) is 5.48. The Labute approximate surface area is 134 Å². The lowest BCUT2D eigenvalue weighted by Crippen LogP contribution is -2.26. The highest BCUT2D eigenvalue weighted by molar-refractivity contribution is 5.91. The number of rotatable bonds is 6. The van der Waals surface area contributed by atoms with E-state index in [2.05, 4.69) is 5.32 Å². The first-order valence-corrected chi connectivity index (χ1v) is 7.13. The van der Waals surface area contributed by atoms with E-state index in [-0.39, 0.29) is 18.7 Å². The molecule has 0 aromatic heterocycles. The van der Waals surface area contributed by atoms with Gasteiger partial charge in [-0.3, -0.25) is 4.79 Å². The van der Waals surface area contributed by atoms with Crippen molar-refractivity contribution in [3.05, 3.63) is 65.7 Å². The van der Waals surface area contributed by atoms with Crippen molar-refractivity contribution in [2.75, 3.05) is 5.32 Å². The van der Waals surface area contributed by atoms with Gasteiger partial charge in [-0.2, -0.15) is 5.26 Å². The van der Waals surface area contributed by atoms with Crippen LogP contribution in [0.5, 0.6) is 0 Å². The van der Waals surface area contributed by atoms with E-state index in [0.29, 0.717) is 11.3 Å². The third-order valence-electron chi connectivity index (χ3n) is 3.41. The normalized spacial score (nSPS) is 11.3. The van der Waals surface area contributed by atoms with E-state index in [1.165, 1.54) is 0 Å². The highest BCUT2D eigenvalue weighted by Crippen LogP contribution is 2.23. The Bertz CT molecular complexity index is 718. The summed E-state index contributed by atoms with van der Waals surface area (Å²) in [5.74, 6) is -1.92. The fraction of sp³-hybridized carbons (Fsp3) is 0.167. The number of carboxylic acids is 1. The van der Waals surface area contributed by atoms with Crippen molar-refractivity contribution >= 4 is 17.6 Å². The molecule has 116 valence electrons. The number of nitrogens with one attached hydrogen (secondary N) is 1. The molecule has 0 heterocycles. The molecular formula is C18H15N2O3-. The molecule has 0 spiro atoms. The monoisotopic (exact) mass is 307 g/mol. The van der Waals surface area contributed by atoms with Crippen molar-refractivity contribution in [3.8, 4) is 6.07 Å². The number of hydrogen-bond donors (Lipinski definition) is 1. The van der Waals surface area contributed by atoms with Gasteiger partial charge in [0.15, 0.2) is 0 Å². The van der Waals surface area contributed by atoms with E-state index < -0.39 is 11.9 Å². The Balaban J connectivity index is 2.05. The molecule has 0 aliphatic carbocycles. The summed E-state index contributed by atoms with van der Waals surface area (Å²) in [6.45, 7) is 0. The van der Waals surface area contributed by atoms with Crippen LogP contribution in [0.4, 0.5) is 5.69 Å². The highest BCUT2D eigenvalue weighted by atomic mass is 16.4. The minimum Gasteiger partial charge on any atom is -0.550 e. The van der Waals surface area contributed by atoms with Gasteiger partial charge < -0.3 is 15.2 Å². The quantitative estimate of drug-likeness (QED) is 0.880. The first-order chi connectivity index (χ1) is 11.1. The fourth-order valence-corrected chi connectivity index (χ4v) is 2.30. The second-order valence-corrected chi connectivity index (χ2v) is 5.13. The molecule has 2 aromatic carbocycles. The molecule has 5 heteroatoms.